The summed E-state index contributed by atoms with van der Waals surface area (Å²) in [7, 11) is 0. The highest BCUT2D eigenvalue weighted by Gasteiger charge is 2.28. The molecule has 1 aromatic heterocycles. The zero-order valence-corrected chi connectivity index (χ0v) is 10.8. The summed E-state index contributed by atoms with van der Waals surface area (Å²) in [5.74, 6) is 0.367. The highest BCUT2D eigenvalue weighted by atomic mass is 79.9. The van der Waals surface area contributed by atoms with E-state index in [9.17, 15) is 4.79 Å². The van der Waals surface area contributed by atoms with E-state index < -0.39 is 0 Å². The summed E-state index contributed by atoms with van der Waals surface area (Å²) < 4.78 is 0.840. The summed E-state index contributed by atoms with van der Waals surface area (Å²) in [5, 5.41) is 0.583. The monoisotopic (exact) mass is 303 g/mol. The van der Waals surface area contributed by atoms with E-state index in [0.717, 1.165) is 17.4 Å². The molecular weight excluding hydrogens is 293 g/mol. The van der Waals surface area contributed by atoms with E-state index in [1.54, 1.807) is 12.3 Å². The van der Waals surface area contributed by atoms with Gasteiger partial charge in [0, 0.05) is 23.8 Å². The molecular formula is C10H11BrClN3O. The average Bonchev–Trinajstić information content (AvgIpc) is 2.66. The van der Waals surface area contributed by atoms with Gasteiger partial charge >= 0.3 is 0 Å². The van der Waals surface area contributed by atoms with Gasteiger partial charge in [-0.05, 0) is 28.4 Å². The van der Waals surface area contributed by atoms with Crippen molar-refractivity contribution in [3.8, 4) is 0 Å². The summed E-state index contributed by atoms with van der Waals surface area (Å²) in [4.78, 5) is 17.3. The smallest absolute Gasteiger partial charge is 0.222 e. The largest absolute Gasteiger partial charge is 0.369 e. The summed E-state index contributed by atoms with van der Waals surface area (Å²) in [5.41, 5.74) is 5.27. The first-order valence-corrected chi connectivity index (χ1v) is 6.10. The molecule has 1 atom stereocenters. The Morgan fingerprint density at radius 3 is 3.00 bits per heavy atom. The molecule has 4 nitrogen and oxygen atoms in total. The third-order valence-electron chi connectivity index (χ3n) is 2.68. The van der Waals surface area contributed by atoms with Gasteiger partial charge < -0.3 is 10.6 Å². The maximum Gasteiger partial charge on any atom is 0.222 e. The molecule has 0 aliphatic carbocycles. The fourth-order valence-corrected chi connectivity index (χ4v) is 2.57. The minimum atomic E-state index is -0.254. The van der Waals surface area contributed by atoms with Crippen LogP contribution in [0.1, 0.15) is 6.42 Å². The Balaban J connectivity index is 2.17. The number of nitrogens with two attached hydrogens (primary N) is 1. The quantitative estimate of drug-likeness (QED) is 0.906. The van der Waals surface area contributed by atoms with Crippen LogP contribution in [0.2, 0.25) is 5.02 Å². The van der Waals surface area contributed by atoms with Crippen LogP contribution in [0.4, 0.5) is 5.82 Å². The van der Waals surface area contributed by atoms with Crippen LogP contribution in [0.3, 0.4) is 0 Å². The van der Waals surface area contributed by atoms with Crippen LogP contribution in [-0.4, -0.2) is 24.0 Å². The van der Waals surface area contributed by atoms with Gasteiger partial charge in [-0.15, -0.1) is 0 Å². The molecule has 2 N–H and O–H groups in total. The molecule has 2 heterocycles. The number of nitrogens with zero attached hydrogens (tertiary/aromatic N) is 2. The standard InChI is InChI=1S/C10H11BrClN3O/c11-7-3-8(12)10(14-4-7)15-2-1-6(5-15)9(13)16/h3-4,6H,1-2,5H2,(H2,13,16). The third-order valence-corrected chi connectivity index (χ3v) is 3.39. The Morgan fingerprint density at radius 2 is 2.44 bits per heavy atom. The van der Waals surface area contributed by atoms with Crippen molar-refractivity contribution in [3.05, 3.63) is 21.8 Å². The summed E-state index contributed by atoms with van der Waals surface area (Å²) in [6.07, 6.45) is 2.46. The van der Waals surface area contributed by atoms with E-state index >= 15 is 0 Å². The van der Waals surface area contributed by atoms with Gasteiger partial charge in [-0.1, -0.05) is 11.6 Å². The Bertz CT molecular complexity index is 427. The van der Waals surface area contributed by atoms with Crippen molar-refractivity contribution in [2.45, 2.75) is 6.42 Å². The maximum absolute atomic E-state index is 11.1. The Kier molecular flexibility index (Phi) is 3.35. The van der Waals surface area contributed by atoms with Gasteiger partial charge in [-0.2, -0.15) is 0 Å². The van der Waals surface area contributed by atoms with Gasteiger partial charge in [0.05, 0.1) is 10.9 Å². The number of amides is 1. The van der Waals surface area contributed by atoms with Crippen molar-refractivity contribution in [1.29, 1.82) is 0 Å². The zero-order chi connectivity index (χ0) is 11.7. The molecule has 0 saturated carbocycles. The van der Waals surface area contributed by atoms with Gasteiger partial charge in [0.1, 0.15) is 5.82 Å². The van der Waals surface area contributed by atoms with Crippen molar-refractivity contribution >= 4 is 39.3 Å². The number of hydrogen-bond donors (Lipinski definition) is 1. The van der Waals surface area contributed by atoms with E-state index in [-0.39, 0.29) is 11.8 Å². The van der Waals surface area contributed by atoms with E-state index in [4.69, 9.17) is 17.3 Å². The molecule has 1 unspecified atom stereocenters. The van der Waals surface area contributed by atoms with Gasteiger partial charge in [0.25, 0.3) is 0 Å². The van der Waals surface area contributed by atoms with Crippen LogP contribution in [0.25, 0.3) is 0 Å². The number of aromatic nitrogens is 1. The highest BCUT2D eigenvalue weighted by molar-refractivity contribution is 9.10. The Morgan fingerprint density at radius 1 is 1.69 bits per heavy atom. The van der Waals surface area contributed by atoms with Crippen LogP contribution < -0.4 is 10.6 Å². The van der Waals surface area contributed by atoms with Crippen molar-refractivity contribution in [2.24, 2.45) is 11.7 Å². The van der Waals surface area contributed by atoms with E-state index in [0.29, 0.717) is 17.4 Å². The molecule has 1 aliphatic rings. The topological polar surface area (TPSA) is 59.2 Å². The predicted octanol–water partition coefficient (Wildman–Crippen LogP) is 1.81. The molecule has 16 heavy (non-hydrogen) atoms. The average molecular weight is 305 g/mol. The second-order valence-electron chi connectivity index (χ2n) is 3.79. The Labute approximate surface area is 107 Å². The third kappa shape index (κ3) is 2.30. The predicted molar refractivity (Wildman–Crippen MR) is 66.5 cm³/mol. The lowest BCUT2D eigenvalue weighted by molar-refractivity contribution is -0.121. The van der Waals surface area contributed by atoms with Gasteiger partial charge in [0.15, 0.2) is 0 Å². The molecule has 0 aromatic carbocycles. The minimum absolute atomic E-state index is 0.0958. The van der Waals surface area contributed by atoms with E-state index in [1.807, 2.05) is 4.90 Å². The molecule has 1 amide bonds. The van der Waals surface area contributed by atoms with Gasteiger partial charge in [-0.25, -0.2) is 4.98 Å². The summed E-state index contributed by atoms with van der Waals surface area (Å²) >= 11 is 9.39. The van der Waals surface area contributed by atoms with E-state index in [2.05, 4.69) is 20.9 Å². The number of halogens is 2. The molecule has 86 valence electrons. The molecule has 0 radical (unpaired) electrons. The van der Waals surface area contributed by atoms with Crippen LogP contribution in [0, 0.1) is 5.92 Å². The molecule has 2 rings (SSSR count). The van der Waals surface area contributed by atoms with Crippen molar-refractivity contribution < 1.29 is 4.79 Å². The van der Waals surface area contributed by atoms with Crippen molar-refractivity contribution in [1.82, 2.24) is 4.98 Å². The van der Waals surface area contributed by atoms with Gasteiger partial charge in [-0.3, -0.25) is 4.79 Å². The first-order valence-electron chi connectivity index (χ1n) is 4.93. The number of hydrogen-bond acceptors (Lipinski definition) is 3. The highest BCUT2D eigenvalue weighted by Crippen LogP contribution is 2.30. The number of rotatable bonds is 2. The molecule has 1 aromatic rings. The maximum atomic E-state index is 11.1. The first-order chi connectivity index (χ1) is 7.58. The van der Waals surface area contributed by atoms with E-state index in [1.165, 1.54) is 0 Å². The zero-order valence-electron chi connectivity index (χ0n) is 8.49. The first kappa shape index (κ1) is 11.7. The molecule has 0 spiro atoms. The lowest BCUT2D eigenvalue weighted by Crippen LogP contribution is -2.27. The van der Waals surface area contributed by atoms with Crippen LogP contribution in [0.5, 0.6) is 0 Å². The second-order valence-corrected chi connectivity index (χ2v) is 5.12. The number of pyridine rings is 1. The molecule has 0 bridgehead atoms. The summed E-state index contributed by atoms with van der Waals surface area (Å²) in [6.45, 7) is 1.37. The fraction of sp³-hybridized carbons (Fsp3) is 0.400. The number of carbonyl (C=O) groups excluding carboxylic acids is 1. The Hall–Kier alpha value is -0.810. The van der Waals surface area contributed by atoms with Crippen molar-refractivity contribution in [2.75, 3.05) is 18.0 Å². The lowest BCUT2D eigenvalue weighted by atomic mass is 10.1. The normalized spacial score (nSPS) is 20.1. The van der Waals surface area contributed by atoms with Gasteiger partial charge in [0.2, 0.25) is 5.91 Å². The molecule has 6 heteroatoms. The van der Waals surface area contributed by atoms with Crippen LogP contribution >= 0.6 is 27.5 Å². The number of anilines is 1. The van der Waals surface area contributed by atoms with Crippen LogP contribution in [0.15, 0.2) is 16.7 Å². The second kappa shape index (κ2) is 4.59. The van der Waals surface area contributed by atoms with Crippen molar-refractivity contribution in [3.63, 3.8) is 0 Å². The number of carbonyl (C=O) groups is 1. The van der Waals surface area contributed by atoms with Crippen LogP contribution in [-0.2, 0) is 4.79 Å². The summed E-state index contributed by atoms with van der Waals surface area (Å²) in [6, 6.07) is 1.79. The molecule has 1 fully saturated rings. The molecule has 1 aliphatic heterocycles. The lowest BCUT2D eigenvalue weighted by Gasteiger charge is -2.18. The minimum Gasteiger partial charge on any atom is -0.369 e. The number of primary amides is 1. The fourth-order valence-electron chi connectivity index (χ4n) is 1.82. The molecule has 1 saturated heterocycles. The SMILES string of the molecule is NC(=O)C1CCN(c2ncc(Br)cc2Cl)C1.